The zero-order valence-corrected chi connectivity index (χ0v) is 39.4. The molecule has 0 spiro atoms. The Hall–Kier alpha value is -9.70. The topological polar surface area (TPSA) is 237 Å². The number of anilines is 3. The maximum absolute atomic E-state index is 13.9. The summed E-state index contributed by atoms with van der Waals surface area (Å²) in [6, 6.07) is 32.6. The van der Waals surface area contributed by atoms with E-state index in [4.69, 9.17) is 9.47 Å². The van der Waals surface area contributed by atoms with Crippen molar-refractivity contribution >= 4 is 75.8 Å². The number of esters is 2. The van der Waals surface area contributed by atoms with Crippen LogP contribution < -0.4 is 21.3 Å². The molecule has 0 aromatic heterocycles. The summed E-state index contributed by atoms with van der Waals surface area (Å²) in [7, 11) is 1.30. The van der Waals surface area contributed by atoms with E-state index in [1.165, 1.54) is 63.4 Å². The lowest BCUT2D eigenvalue weighted by molar-refractivity contribution is -0.119. The normalized spacial score (nSPS) is 10.4. The Balaban J connectivity index is 1.14. The first kappa shape index (κ1) is 51.7. The molecule has 0 fully saturated rings. The van der Waals surface area contributed by atoms with E-state index in [0.717, 1.165) is 23.8 Å². The Morgan fingerprint density at radius 2 is 0.722 bits per heavy atom. The monoisotopic (exact) mass is 966 g/mol. The van der Waals surface area contributed by atoms with E-state index in [1.807, 2.05) is 19.1 Å². The number of amides is 4. The van der Waals surface area contributed by atoms with Gasteiger partial charge in [-0.25, -0.2) is 9.59 Å². The van der Waals surface area contributed by atoms with Crippen molar-refractivity contribution in [1.82, 2.24) is 5.32 Å². The van der Waals surface area contributed by atoms with E-state index in [2.05, 4.69) is 34.4 Å². The van der Waals surface area contributed by atoms with Gasteiger partial charge in [-0.1, -0.05) is 43.0 Å². The molecule has 4 amide bonds. The van der Waals surface area contributed by atoms with Crippen LogP contribution in [0, 0.1) is 6.92 Å². The first-order valence-corrected chi connectivity index (χ1v) is 22.0. The predicted octanol–water partition coefficient (Wildman–Crippen LogP) is 8.18. The van der Waals surface area contributed by atoms with Crippen LogP contribution in [-0.2, 0) is 19.1 Å². The highest BCUT2D eigenvalue weighted by Crippen LogP contribution is 2.23. The summed E-state index contributed by atoms with van der Waals surface area (Å²) >= 11 is 0. The molecule has 0 heterocycles. The number of nitrogens with one attached hydrogen (secondary N) is 4. The minimum absolute atomic E-state index is 0.0975. The molecule has 0 aliphatic heterocycles. The highest BCUT2D eigenvalue weighted by molar-refractivity contribution is 6.17. The number of ketones is 4. The molecule has 4 N–H and O–H groups in total. The van der Waals surface area contributed by atoms with Gasteiger partial charge in [0.1, 0.15) is 0 Å². The molecular formula is C56H46N4O12. The highest BCUT2D eigenvalue weighted by Gasteiger charge is 2.25. The van der Waals surface area contributed by atoms with Gasteiger partial charge in [0.25, 0.3) is 23.6 Å². The Morgan fingerprint density at radius 1 is 0.403 bits per heavy atom. The fourth-order valence-corrected chi connectivity index (χ4v) is 6.66. The van der Waals surface area contributed by atoms with Gasteiger partial charge in [0, 0.05) is 57.5 Å². The van der Waals surface area contributed by atoms with Crippen LogP contribution in [-0.4, -0.2) is 79.0 Å². The molecule has 0 saturated heterocycles. The highest BCUT2D eigenvalue weighted by atomic mass is 16.5. The molecule has 0 atom stereocenters. The van der Waals surface area contributed by atoms with Crippen LogP contribution in [0.25, 0.3) is 0 Å². The van der Waals surface area contributed by atoms with Crippen LogP contribution in [0.2, 0.25) is 0 Å². The molecule has 0 bridgehead atoms. The fourth-order valence-electron chi connectivity index (χ4n) is 6.66. The van der Waals surface area contributed by atoms with Gasteiger partial charge in [0.05, 0.1) is 22.3 Å². The number of rotatable bonds is 19. The van der Waals surface area contributed by atoms with Gasteiger partial charge in [-0.3, -0.25) is 38.4 Å². The summed E-state index contributed by atoms with van der Waals surface area (Å²) in [6.45, 7) is 10.6. The average Bonchev–Trinajstić information content (AvgIpc) is 3.38. The second kappa shape index (κ2) is 23.1. The van der Waals surface area contributed by atoms with Crippen molar-refractivity contribution in [2.24, 2.45) is 0 Å². The summed E-state index contributed by atoms with van der Waals surface area (Å²) in [5.74, 6) is -6.62. The molecular weight excluding hydrogens is 921 g/mol. The minimum Gasteiger partial charge on any atom is -0.454 e. The Labute approximate surface area is 413 Å². The maximum Gasteiger partial charge on any atom is 0.339 e. The number of carbonyl (C=O) groups is 10. The largest absolute Gasteiger partial charge is 0.454 e. The Kier molecular flexibility index (Phi) is 16.6. The Bertz CT molecular complexity index is 3210. The van der Waals surface area contributed by atoms with Crippen molar-refractivity contribution in [1.29, 1.82) is 0 Å². The Morgan fingerprint density at radius 3 is 1.10 bits per heavy atom. The van der Waals surface area contributed by atoms with Crippen molar-refractivity contribution in [3.63, 3.8) is 0 Å². The van der Waals surface area contributed by atoms with Gasteiger partial charge >= 0.3 is 11.9 Å². The third-order valence-corrected chi connectivity index (χ3v) is 10.9. The fraction of sp³-hybridized carbons (Fsp3) is 0.107. The quantitative estimate of drug-likeness (QED) is 0.0342. The molecule has 72 heavy (non-hydrogen) atoms. The van der Waals surface area contributed by atoms with Gasteiger partial charge < -0.3 is 30.7 Å². The average molecular weight is 967 g/mol. The SMILES string of the molecule is C=C(C)C(=O)COC(=O)c1ccc(C(=O)c2ccc(C(=O)OCC(=O)C(=C)C)c(C(=O)Nc3ccc(C(=O)Nc4ccc(C(=O)c5ccc(NC(=O)c6ccc(C)cc6)cc5)cc4)cc3)c2)cc1C(=O)NC. The summed E-state index contributed by atoms with van der Waals surface area (Å²) < 4.78 is 10.2. The van der Waals surface area contributed by atoms with Crippen LogP contribution in [0.3, 0.4) is 0 Å². The molecule has 0 unspecified atom stereocenters. The van der Waals surface area contributed by atoms with Crippen LogP contribution in [0.1, 0.15) is 113 Å². The van der Waals surface area contributed by atoms with Gasteiger partial charge in [0.2, 0.25) is 0 Å². The molecule has 0 radical (unpaired) electrons. The molecule has 0 aliphatic carbocycles. The van der Waals surface area contributed by atoms with Crippen LogP contribution in [0.15, 0.2) is 158 Å². The summed E-state index contributed by atoms with van der Waals surface area (Å²) in [5, 5.41) is 10.6. The van der Waals surface area contributed by atoms with Crippen molar-refractivity contribution in [2.75, 3.05) is 36.2 Å². The number of hydrogen-bond acceptors (Lipinski definition) is 12. The third kappa shape index (κ3) is 12.9. The van der Waals surface area contributed by atoms with Crippen molar-refractivity contribution in [3.05, 3.63) is 219 Å². The van der Waals surface area contributed by atoms with E-state index in [0.29, 0.717) is 28.1 Å². The third-order valence-electron chi connectivity index (χ3n) is 10.9. The predicted molar refractivity (Wildman–Crippen MR) is 268 cm³/mol. The zero-order valence-electron chi connectivity index (χ0n) is 39.4. The first-order chi connectivity index (χ1) is 34.3. The molecule has 6 rings (SSSR count). The van der Waals surface area contributed by atoms with Crippen molar-refractivity contribution in [3.8, 4) is 0 Å². The van der Waals surface area contributed by atoms with Gasteiger partial charge in [0.15, 0.2) is 36.3 Å². The number of aryl methyl sites for hydroxylation is 1. The van der Waals surface area contributed by atoms with Crippen LogP contribution >= 0.6 is 0 Å². The molecule has 362 valence electrons. The second-order valence-electron chi connectivity index (χ2n) is 16.3. The van der Waals surface area contributed by atoms with Gasteiger partial charge in [-0.2, -0.15) is 0 Å². The molecule has 0 saturated carbocycles. The smallest absolute Gasteiger partial charge is 0.339 e. The molecule has 6 aromatic carbocycles. The van der Waals surface area contributed by atoms with Crippen molar-refractivity contribution < 1.29 is 57.4 Å². The molecule has 0 aliphatic rings. The number of hydrogen-bond donors (Lipinski definition) is 4. The van der Waals surface area contributed by atoms with Crippen molar-refractivity contribution in [2.45, 2.75) is 20.8 Å². The summed E-state index contributed by atoms with van der Waals surface area (Å²) in [6.07, 6.45) is 0. The zero-order chi connectivity index (χ0) is 52.2. The molecule has 16 heteroatoms. The number of ether oxygens (including phenoxy) is 2. The van der Waals surface area contributed by atoms with Crippen LogP contribution in [0.4, 0.5) is 17.1 Å². The minimum atomic E-state index is -1.07. The molecule has 16 nitrogen and oxygen atoms in total. The lowest BCUT2D eigenvalue weighted by Crippen LogP contribution is -2.23. The number of Topliss-reactive ketones (excluding diaryl/α,β-unsaturated/α-hetero) is 2. The first-order valence-electron chi connectivity index (χ1n) is 22.0. The lowest BCUT2D eigenvalue weighted by atomic mass is 9.95. The lowest BCUT2D eigenvalue weighted by Gasteiger charge is -2.13. The van der Waals surface area contributed by atoms with E-state index in [9.17, 15) is 47.9 Å². The molecule has 6 aromatic rings. The second-order valence-corrected chi connectivity index (χ2v) is 16.3. The standard InChI is InChI=1S/C56H46N4O12/c1-31(2)47(61)29-71-55(69)43-25-17-38(27-45(43)53(67)57-6)50(64)39-18-26-44(56(70)72-30-48(62)32(3)4)46(28-39)54(68)60-42-23-15-37(16-24-42)52(66)59-41-21-13-35(14-22-41)49(63)34-11-19-40(20-12-34)58-51(65)36-9-7-33(5)8-10-36/h7-28H,1,3,29-30H2,2,4-6H3,(H,57,67)(H,58,65)(H,59,66)(H,60,68). The van der Waals surface area contributed by atoms with Crippen LogP contribution in [0.5, 0.6) is 0 Å². The van der Waals surface area contributed by atoms with E-state index in [-0.39, 0.29) is 67.5 Å². The van der Waals surface area contributed by atoms with Gasteiger partial charge in [-0.15, -0.1) is 0 Å². The van der Waals surface area contributed by atoms with E-state index < -0.39 is 60.2 Å². The van der Waals surface area contributed by atoms with Gasteiger partial charge in [-0.05, 0) is 141 Å². The van der Waals surface area contributed by atoms with E-state index in [1.54, 1.807) is 60.7 Å². The summed E-state index contributed by atoms with van der Waals surface area (Å²) in [5.41, 5.74) is 2.47. The van der Waals surface area contributed by atoms with E-state index >= 15 is 0 Å². The number of benzene rings is 6. The number of carbonyl (C=O) groups excluding carboxylic acids is 10. The summed E-state index contributed by atoms with van der Waals surface area (Å²) in [4.78, 5) is 130. The maximum atomic E-state index is 13.9.